The van der Waals surface area contributed by atoms with E-state index in [1.54, 1.807) is 6.07 Å². The Bertz CT molecular complexity index is 335. The molecule has 0 fully saturated rings. The van der Waals surface area contributed by atoms with E-state index in [2.05, 4.69) is 15.9 Å². The van der Waals surface area contributed by atoms with Crippen LogP contribution >= 0.6 is 15.9 Å². The van der Waals surface area contributed by atoms with Gasteiger partial charge in [0.2, 0.25) is 0 Å². The number of hydrogen-bond acceptors (Lipinski definition) is 3. The zero-order chi connectivity index (χ0) is 11.4. The fraction of sp³-hybridized carbons (Fsp3) is 0.400. The number of benzene rings is 1. The van der Waals surface area contributed by atoms with Crippen LogP contribution in [-0.4, -0.2) is 17.7 Å². The molecular weight excluding hydrogens is 263 g/mol. The average Bonchev–Trinajstić information content (AvgIpc) is 2.21. The Kier molecular flexibility index (Phi) is 4.66. The Morgan fingerprint density at radius 1 is 1.47 bits per heavy atom. The topological polar surface area (TPSA) is 72.3 Å². The molecule has 0 aliphatic heterocycles. The van der Waals surface area contributed by atoms with Crippen LogP contribution in [0.2, 0.25) is 0 Å². The highest BCUT2D eigenvalue weighted by atomic mass is 79.9. The number of halogens is 2. The summed E-state index contributed by atoms with van der Waals surface area (Å²) < 4.78 is 14.1. The molecule has 1 rings (SSSR count). The lowest BCUT2D eigenvalue weighted by molar-refractivity contribution is 0.139. The van der Waals surface area contributed by atoms with E-state index in [9.17, 15) is 9.50 Å². The van der Waals surface area contributed by atoms with Crippen molar-refractivity contribution in [2.24, 2.45) is 11.5 Å². The van der Waals surface area contributed by atoms with Crippen LogP contribution in [0.25, 0.3) is 0 Å². The molecule has 84 valence electrons. The second-order valence-electron chi connectivity index (χ2n) is 3.35. The first-order chi connectivity index (χ1) is 7.06. The maximum absolute atomic E-state index is 13.4. The molecule has 2 atom stereocenters. The molecule has 0 saturated heterocycles. The standard InChI is InChI=1S/C10H14BrFN2O/c11-6-1-2-8(12)7(5-6)10(15)9(14)3-4-13/h1-2,5,9-10,15H,3-4,13-14H2. The van der Waals surface area contributed by atoms with Crippen molar-refractivity contribution in [3.8, 4) is 0 Å². The lowest BCUT2D eigenvalue weighted by Crippen LogP contribution is -2.31. The van der Waals surface area contributed by atoms with E-state index in [0.717, 1.165) is 0 Å². The smallest absolute Gasteiger partial charge is 0.129 e. The molecule has 0 aliphatic rings. The summed E-state index contributed by atoms with van der Waals surface area (Å²) in [6.07, 6.45) is -0.571. The average molecular weight is 277 g/mol. The quantitative estimate of drug-likeness (QED) is 0.776. The van der Waals surface area contributed by atoms with Gasteiger partial charge in [0.15, 0.2) is 0 Å². The Balaban J connectivity index is 2.89. The molecule has 15 heavy (non-hydrogen) atoms. The van der Waals surface area contributed by atoms with Crippen LogP contribution in [0, 0.1) is 5.82 Å². The molecule has 0 aromatic heterocycles. The Hall–Kier alpha value is -0.490. The Morgan fingerprint density at radius 2 is 2.13 bits per heavy atom. The summed E-state index contributed by atoms with van der Waals surface area (Å²) >= 11 is 3.21. The van der Waals surface area contributed by atoms with Gasteiger partial charge in [0.25, 0.3) is 0 Å². The van der Waals surface area contributed by atoms with E-state index in [1.807, 2.05) is 0 Å². The van der Waals surface area contributed by atoms with E-state index in [0.29, 0.717) is 17.4 Å². The third kappa shape index (κ3) is 3.24. The van der Waals surface area contributed by atoms with Gasteiger partial charge in [-0.3, -0.25) is 0 Å². The van der Waals surface area contributed by atoms with Gasteiger partial charge in [0.1, 0.15) is 5.82 Å². The highest BCUT2D eigenvalue weighted by Gasteiger charge is 2.19. The molecule has 0 spiro atoms. The van der Waals surface area contributed by atoms with E-state index in [1.165, 1.54) is 12.1 Å². The molecule has 5 heteroatoms. The fourth-order valence-corrected chi connectivity index (χ4v) is 1.70. The fourth-order valence-electron chi connectivity index (χ4n) is 1.32. The lowest BCUT2D eigenvalue weighted by atomic mass is 10.0. The van der Waals surface area contributed by atoms with Crippen molar-refractivity contribution < 1.29 is 9.50 Å². The van der Waals surface area contributed by atoms with Gasteiger partial charge >= 0.3 is 0 Å². The largest absolute Gasteiger partial charge is 0.387 e. The first-order valence-corrected chi connectivity index (χ1v) is 5.44. The molecular formula is C10H14BrFN2O. The maximum atomic E-state index is 13.4. The van der Waals surface area contributed by atoms with Crippen LogP contribution < -0.4 is 11.5 Å². The molecule has 0 bridgehead atoms. The van der Waals surface area contributed by atoms with Gasteiger partial charge in [-0.1, -0.05) is 15.9 Å². The van der Waals surface area contributed by atoms with Crippen molar-refractivity contribution >= 4 is 15.9 Å². The van der Waals surface area contributed by atoms with Gasteiger partial charge in [-0.05, 0) is 31.2 Å². The second-order valence-corrected chi connectivity index (χ2v) is 4.27. The molecule has 2 unspecified atom stereocenters. The Labute approximate surface area is 96.4 Å². The summed E-state index contributed by atoms with van der Waals surface area (Å²) in [5.74, 6) is -0.460. The molecule has 0 saturated carbocycles. The van der Waals surface area contributed by atoms with Gasteiger partial charge in [0, 0.05) is 16.1 Å². The van der Waals surface area contributed by atoms with Gasteiger partial charge in [-0.2, -0.15) is 0 Å². The van der Waals surface area contributed by atoms with E-state index < -0.39 is 18.0 Å². The summed E-state index contributed by atoms with van der Waals surface area (Å²) in [6, 6.07) is 3.84. The van der Waals surface area contributed by atoms with Crippen molar-refractivity contribution in [2.45, 2.75) is 18.6 Å². The minimum atomic E-state index is -1.02. The van der Waals surface area contributed by atoms with Crippen molar-refractivity contribution in [1.29, 1.82) is 0 Å². The third-order valence-corrected chi connectivity index (χ3v) is 2.68. The van der Waals surface area contributed by atoms with Crippen LogP contribution in [0.5, 0.6) is 0 Å². The van der Waals surface area contributed by atoms with Gasteiger partial charge in [-0.15, -0.1) is 0 Å². The Morgan fingerprint density at radius 3 is 2.73 bits per heavy atom. The molecule has 1 aromatic rings. The zero-order valence-electron chi connectivity index (χ0n) is 8.16. The van der Waals surface area contributed by atoms with E-state index >= 15 is 0 Å². The first-order valence-electron chi connectivity index (χ1n) is 4.65. The monoisotopic (exact) mass is 276 g/mol. The molecule has 5 N–H and O–H groups in total. The summed E-state index contributed by atoms with van der Waals surface area (Å²) in [7, 11) is 0. The van der Waals surface area contributed by atoms with E-state index in [-0.39, 0.29) is 5.56 Å². The van der Waals surface area contributed by atoms with Crippen LogP contribution in [0.3, 0.4) is 0 Å². The number of rotatable bonds is 4. The van der Waals surface area contributed by atoms with Gasteiger partial charge in [-0.25, -0.2) is 4.39 Å². The zero-order valence-corrected chi connectivity index (χ0v) is 9.74. The highest BCUT2D eigenvalue weighted by Crippen LogP contribution is 2.24. The van der Waals surface area contributed by atoms with Crippen LogP contribution in [0.15, 0.2) is 22.7 Å². The summed E-state index contributed by atoms with van der Waals surface area (Å²) in [5, 5.41) is 9.78. The van der Waals surface area contributed by atoms with Crippen molar-refractivity contribution in [1.82, 2.24) is 0 Å². The maximum Gasteiger partial charge on any atom is 0.129 e. The molecule has 0 heterocycles. The predicted octanol–water partition coefficient (Wildman–Crippen LogP) is 1.30. The van der Waals surface area contributed by atoms with Crippen molar-refractivity contribution in [2.75, 3.05) is 6.54 Å². The molecule has 3 nitrogen and oxygen atoms in total. The summed E-state index contributed by atoms with van der Waals surface area (Å²) in [5.41, 5.74) is 11.2. The highest BCUT2D eigenvalue weighted by molar-refractivity contribution is 9.10. The minimum absolute atomic E-state index is 0.199. The van der Waals surface area contributed by atoms with Crippen LogP contribution in [-0.2, 0) is 0 Å². The third-order valence-electron chi connectivity index (χ3n) is 2.18. The number of hydrogen-bond donors (Lipinski definition) is 3. The normalized spacial score (nSPS) is 15.0. The van der Waals surface area contributed by atoms with E-state index in [4.69, 9.17) is 11.5 Å². The van der Waals surface area contributed by atoms with Crippen LogP contribution in [0.4, 0.5) is 4.39 Å². The summed E-state index contributed by atoms with van der Waals surface area (Å²) in [6.45, 7) is 0.369. The molecule has 1 aromatic carbocycles. The number of aliphatic hydroxyl groups is 1. The molecule has 0 radical (unpaired) electrons. The van der Waals surface area contributed by atoms with Crippen molar-refractivity contribution in [3.05, 3.63) is 34.1 Å². The SMILES string of the molecule is NCCC(N)C(O)c1cc(Br)ccc1F. The lowest BCUT2D eigenvalue weighted by Gasteiger charge is -2.19. The molecule has 0 amide bonds. The first kappa shape index (κ1) is 12.6. The number of nitrogens with two attached hydrogens (primary N) is 2. The van der Waals surface area contributed by atoms with Crippen LogP contribution in [0.1, 0.15) is 18.1 Å². The summed E-state index contributed by atoms with van der Waals surface area (Å²) in [4.78, 5) is 0. The van der Waals surface area contributed by atoms with Crippen molar-refractivity contribution in [3.63, 3.8) is 0 Å². The van der Waals surface area contributed by atoms with Gasteiger partial charge < -0.3 is 16.6 Å². The minimum Gasteiger partial charge on any atom is -0.387 e. The molecule has 0 aliphatic carbocycles. The predicted molar refractivity (Wildman–Crippen MR) is 60.7 cm³/mol. The second kappa shape index (κ2) is 5.55. The van der Waals surface area contributed by atoms with Gasteiger partial charge in [0.05, 0.1) is 6.10 Å². The number of aliphatic hydroxyl groups excluding tert-OH is 1.